The summed E-state index contributed by atoms with van der Waals surface area (Å²) in [5, 5.41) is 13.0. The Morgan fingerprint density at radius 2 is 2.19 bits per heavy atom. The third-order valence-corrected chi connectivity index (χ3v) is 6.43. The van der Waals surface area contributed by atoms with Crippen molar-refractivity contribution in [3.8, 4) is 0 Å². The fourth-order valence-corrected chi connectivity index (χ4v) is 4.72. The Balaban J connectivity index is 0.00000261. The molecule has 3 rings (SSSR count). The topological polar surface area (TPSA) is 56.7 Å². The Bertz CT molecular complexity index is 745. The van der Waals surface area contributed by atoms with Gasteiger partial charge in [0.2, 0.25) is 5.91 Å². The molecule has 2 N–H and O–H groups in total. The van der Waals surface area contributed by atoms with Crippen molar-refractivity contribution in [1.29, 1.82) is 0 Å². The molecule has 0 aliphatic carbocycles. The maximum atomic E-state index is 12.5. The number of nitrogens with zero attached hydrogens (tertiary/aromatic N) is 2. The molecular formula is C19H27IN4OS2. The van der Waals surface area contributed by atoms with Gasteiger partial charge in [-0.25, -0.2) is 0 Å². The average molecular weight is 518 g/mol. The first-order valence-electron chi connectivity index (χ1n) is 8.97. The highest BCUT2D eigenvalue weighted by Gasteiger charge is 2.21. The van der Waals surface area contributed by atoms with Gasteiger partial charge in [0.05, 0.1) is 0 Å². The number of rotatable bonds is 6. The lowest BCUT2D eigenvalue weighted by atomic mass is 10.1. The molecule has 148 valence electrons. The van der Waals surface area contributed by atoms with Gasteiger partial charge in [0.1, 0.15) is 0 Å². The van der Waals surface area contributed by atoms with Gasteiger partial charge in [-0.15, -0.1) is 35.3 Å². The molecule has 0 saturated carbocycles. The smallest absolute Gasteiger partial charge is 0.224 e. The van der Waals surface area contributed by atoms with E-state index in [1.807, 2.05) is 4.90 Å². The first-order chi connectivity index (χ1) is 12.7. The molecule has 0 bridgehead atoms. The molecule has 5 nitrogen and oxygen atoms in total. The second-order valence-corrected chi connectivity index (χ2v) is 8.30. The molecule has 3 heterocycles. The highest BCUT2D eigenvalue weighted by atomic mass is 127. The lowest BCUT2D eigenvalue weighted by Gasteiger charge is -2.27. The van der Waals surface area contributed by atoms with Gasteiger partial charge in [0.15, 0.2) is 5.96 Å². The van der Waals surface area contributed by atoms with Gasteiger partial charge in [0.25, 0.3) is 0 Å². The molecule has 0 saturated heterocycles. The first-order valence-corrected chi connectivity index (χ1v) is 10.8. The van der Waals surface area contributed by atoms with Gasteiger partial charge in [-0.05, 0) is 51.7 Å². The van der Waals surface area contributed by atoms with Gasteiger partial charge in [-0.2, -0.15) is 11.3 Å². The van der Waals surface area contributed by atoms with Gasteiger partial charge >= 0.3 is 0 Å². The number of halogens is 1. The van der Waals surface area contributed by atoms with E-state index in [-0.39, 0.29) is 29.9 Å². The van der Waals surface area contributed by atoms with Crippen LogP contribution >= 0.6 is 46.7 Å². The van der Waals surface area contributed by atoms with Crippen molar-refractivity contribution in [2.75, 3.05) is 26.7 Å². The number of carbonyl (C=O) groups is 1. The molecule has 1 amide bonds. The molecule has 1 aliphatic rings. The SMILES string of the molecule is CN=C(NCCC(=O)N1CCc2sccc2C1)NCC(C)c1ccsc1.I. The van der Waals surface area contributed by atoms with E-state index in [4.69, 9.17) is 0 Å². The maximum absolute atomic E-state index is 12.5. The lowest BCUT2D eigenvalue weighted by molar-refractivity contribution is -0.131. The highest BCUT2D eigenvalue weighted by molar-refractivity contribution is 14.0. The minimum absolute atomic E-state index is 0. The number of carbonyl (C=O) groups excluding carboxylic acids is 1. The second kappa shape index (κ2) is 11.0. The number of fused-ring (bicyclic) bond motifs is 1. The number of guanidine groups is 1. The summed E-state index contributed by atoms with van der Waals surface area (Å²) in [6.45, 7) is 5.19. The fourth-order valence-electron chi connectivity index (χ4n) is 3.05. The quantitative estimate of drug-likeness (QED) is 0.349. The van der Waals surface area contributed by atoms with Crippen LogP contribution in [0.1, 0.15) is 35.3 Å². The van der Waals surface area contributed by atoms with Gasteiger partial charge < -0.3 is 15.5 Å². The van der Waals surface area contributed by atoms with Gasteiger partial charge in [-0.1, -0.05) is 6.92 Å². The van der Waals surface area contributed by atoms with Crippen LogP contribution in [-0.2, 0) is 17.8 Å². The number of thiophene rings is 2. The monoisotopic (exact) mass is 518 g/mol. The third-order valence-electron chi connectivity index (χ3n) is 4.70. The summed E-state index contributed by atoms with van der Waals surface area (Å²) in [7, 11) is 1.76. The molecular weight excluding hydrogens is 491 g/mol. The highest BCUT2D eigenvalue weighted by Crippen LogP contribution is 2.24. The number of amides is 1. The minimum atomic E-state index is 0. The fraction of sp³-hybridized carbons (Fsp3) is 0.474. The summed E-state index contributed by atoms with van der Waals surface area (Å²) >= 11 is 3.52. The van der Waals surface area contributed by atoms with Crippen molar-refractivity contribution >= 4 is 58.5 Å². The van der Waals surface area contributed by atoms with Crippen LogP contribution < -0.4 is 10.6 Å². The number of aliphatic imine (C=N–C) groups is 1. The van der Waals surface area contributed by atoms with Gasteiger partial charge in [-0.3, -0.25) is 9.79 Å². The Labute approximate surface area is 186 Å². The van der Waals surface area contributed by atoms with Crippen LogP contribution in [0.25, 0.3) is 0 Å². The lowest BCUT2D eigenvalue weighted by Crippen LogP contribution is -2.42. The maximum Gasteiger partial charge on any atom is 0.224 e. The Kier molecular flexibility index (Phi) is 9.04. The van der Waals surface area contributed by atoms with Crippen LogP contribution in [0, 0.1) is 0 Å². The number of hydrogen-bond donors (Lipinski definition) is 2. The zero-order chi connectivity index (χ0) is 18.4. The van der Waals surface area contributed by atoms with E-state index in [9.17, 15) is 4.79 Å². The van der Waals surface area contributed by atoms with E-state index in [0.29, 0.717) is 18.9 Å². The number of hydrogen-bond acceptors (Lipinski definition) is 4. The van der Waals surface area contributed by atoms with Crippen molar-refractivity contribution in [3.05, 3.63) is 44.3 Å². The molecule has 0 spiro atoms. The molecule has 2 aromatic heterocycles. The largest absolute Gasteiger partial charge is 0.356 e. The Hall–Kier alpha value is -1.13. The molecule has 1 aliphatic heterocycles. The van der Waals surface area contributed by atoms with Crippen LogP contribution in [0.3, 0.4) is 0 Å². The van der Waals surface area contributed by atoms with Crippen LogP contribution in [0.15, 0.2) is 33.3 Å². The molecule has 1 unspecified atom stereocenters. The van der Waals surface area contributed by atoms with E-state index >= 15 is 0 Å². The van der Waals surface area contributed by atoms with Crippen LogP contribution in [0.5, 0.6) is 0 Å². The summed E-state index contributed by atoms with van der Waals surface area (Å²) < 4.78 is 0. The second-order valence-electron chi connectivity index (χ2n) is 6.52. The normalized spacial score (nSPS) is 14.9. The first kappa shape index (κ1) is 22.2. The zero-order valence-electron chi connectivity index (χ0n) is 15.7. The summed E-state index contributed by atoms with van der Waals surface area (Å²) in [5.74, 6) is 1.38. The standard InChI is InChI=1S/C19H26N4OS2.HI/c1-14(16-5-9-25-13-16)11-22-19(20-2)21-7-3-18(24)23-8-4-17-15(12-23)6-10-26-17;/h5-6,9-10,13-14H,3-4,7-8,11-12H2,1-2H3,(H2,20,21,22);1H. The van der Waals surface area contributed by atoms with Gasteiger partial charge in [0, 0.05) is 44.5 Å². The van der Waals surface area contributed by atoms with Crippen molar-refractivity contribution < 1.29 is 4.79 Å². The third kappa shape index (κ3) is 6.18. The molecule has 0 radical (unpaired) electrons. The van der Waals surface area contributed by atoms with Crippen LogP contribution in [0.4, 0.5) is 0 Å². The zero-order valence-corrected chi connectivity index (χ0v) is 19.7. The Morgan fingerprint density at radius 3 is 2.93 bits per heavy atom. The summed E-state index contributed by atoms with van der Waals surface area (Å²) in [5.41, 5.74) is 2.65. The average Bonchev–Trinajstić information content (AvgIpc) is 3.35. The predicted molar refractivity (Wildman–Crippen MR) is 126 cm³/mol. The molecule has 1 atom stereocenters. The van der Waals surface area contributed by atoms with E-state index in [0.717, 1.165) is 32.0 Å². The predicted octanol–water partition coefficient (Wildman–Crippen LogP) is 3.67. The summed E-state index contributed by atoms with van der Waals surface area (Å²) in [6.07, 6.45) is 1.47. The molecule has 0 aromatic carbocycles. The van der Waals surface area contributed by atoms with Crippen molar-refractivity contribution in [2.45, 2.75) is 32.2 Å². The minimum Gasteiger partial charge on any atom is -0.356 e. The van der Waals surface area contributed by atoms with E-state index in [2.05, 4.69) is 50.8 Å². The number of nitrogens with one attached hydrogen (secondary N) is 2. The van der Waals surface area contributed by atoms with E-state index in [1.165, 1.54) is 16.0 Å². The van der Waals surface area contributed by atoms with E-state index < -0.39 is 0 Å². The van der Waals surface area contributed by atoms with Crippen molar-refractivity contribution in [3.63, 3.8) is 0 Å². The molecule has 2 aromatic rings. The molecule has 8 heteroatoms. The van der Waals surface area contributed by atoms with Crippen molar-refractivity contribution in [2.24, 2.45) is 4.99 Å². The molecule has 27 heavy (non-hydrogen) atoms. The Morgan fingerprint density at radius 1 is 1.33 bits per heavy atom. The van der Waals surface area contributed by atoms with Crippen LogP contribution in [0.2, 0.25) is 0 Å². The molecule has 0 fully saturated rings. The van der Waals surface area contributed by atoms with Crippen molar-refractivity contribution in [1.82, 2.24) is 15.5 Å². The van der Waals surface area contributed by atoms with Crippen LogP contribution in [-0.4, -0.2) is 43.4 Å². The summed E-state index contributed by atoms with van der Waals surface area (Å²) in [4.78, 5) is 20.1. The van der Waals surface area contributed by atoms with E-state index in [1.54, 1.807) is 29.7 Å². The summed E-state index contributed by atoms with van der Waals surface area (Å²) in [6, 6.07) is 4.29.